The van der Waals surface area contributed by atoms with E-state index in [-0.39, 0.29) is 0 Å². The van der Waals surface area contributed by atoms with Crippen LogP contribution in [0.15, 0.2) is 12.5 Å². The van der Waals surface area contributed by atoms with Gasteiger partial charge in [0.15, 0.2) is 0 Å². The van der Waals surface area contributed by atoms with Crippen molar-refractivity contribution >= 4 is 26.7 Å². The van der Waals surface area contributed by atoms with E-state index in [1.165, 1.54) is 11.8 Å². The molecular formula is C16H24N4O2S. The normalized spacial score (nSPS) is 22.3. The van der Waals surface area contributed by atoms with E-state index < -0.39 is 9.84 Å². The number of hydrogen-bond donors (Lipinski definition) is 2. The van der Waals surface area contributed by atoms with Gasteiger partial charge in [-0.3, -0.25) is 0 Å². The van der Waals surface area contributed by atoms with Crippen molar-refractivity contribution < 1.29 is 8.42 Å². The van der Waals surface area contributed by atoms with E-state index in [2.05, 4.69) is 27.2 Å². The van der Waals surface area contributed by atoms with Gasteiger partial charge >= 0.3 is 0 Å². The average Bonchev–Trinajstić information content (AvgIpc) is 2.92. The molecule has 1 aliphatic carbocycles. The number of rotatable bonds is 5. The Balaban J connectivity index is 1.68. The smallest absolute Gasteiger partial charge is 0.147 e. The van der Waals surface area contributed by atoms with E-state index in [1.807, 2.05) is 6.20 Å². The Kier molecular flexibility index (Phi) is 4.57. The van der Waals surface area contributed by atoms with Crippen molar-refractivity contribution in [3.8, 4) is 0 Å². The molecule has 3 rings (SSSR count). The van der Waals surface area contributed by atoms with Crippen LogP contribution < -0.4 is 5.32 Å². The zero-order valence-electron chi connectivity index (χ0n) is 13.7. The number of fused-ring (bicyclic) bond motifs is 1. The Morgan fingerprint density at radius 2 is 2.00 bits per heavy atom. The second-order valence-electron chi connectivity index (χ2n) is 6.57. The van der Waals surface area contributed by atoms with Crippen molar-refractivity contribution in [3.05, 3.63) is 18.1 Å². The zero-order valence-corrected chi connectivity index (χ0v) is 14.5. The molecular weight excluding hydrogens is 312 g/mol. The summed E-state index contributed by atoms with van der Waals surface area (Å²) in [5.74, 6) is 1.50. The molecule has 1 aliphatic rings. The number of aryl methyl sites for hydroxylation is 1. The molecule has 0 atom stereocenters. The molecule has 1 fully saturated rings. The van der Waals surface area contributed by atoms with Gasteiger partial charge in [-0.15, -0.1) is 0 Å². The Bertz CT molecular complexity index is 776. The Hall–Kier alpha value is -1.63. The highest BCUT2D eigenvalue weighted by atomic mass is 32.2. The molecule has 0 radical (unpaired) electrons. The number of nitrogens with zero attached hydrogens (tertiary/aromatic N) is 2. The van der Waals surface area contributed by atoms with Gasteiger partial charge in [-0.25, -0.2) is 18.4 Å². The highest BCUT2D eigenvalue weighted by molar-refractivity contribution is 7.90. The quantitative estimate of drug-likeness (QED) is 0.876. The van der Waals surface area contributed by atoms with E-state index in [0.29, 0.717) is 17.7 Å². The van der Waals surface area contributed by atoms with E-state index in [9.17, 15) is 8.42 Å². The van der Waals surface area contributed by atoms with Crippen LogP contribution in [0.5, 0.6) is 0 Å². The van der Waals surface area contributed by atoms with Gasteiger partial charge in [0.2, 0.25) is 0 Å². The summed E-state index contributed by atoms with van der Waals surface area (Å²) in [4.78, 5) is 11.9. The van der Waals surface area contributed by atoms with Crippen LogP contribution in [-0.2, 0) is 16.3 Å². The minimum atomic E-state index is -2.88. The van der Waals surface area contributed by atoms with Gasteiger partial charge in [-0.2, -0.15) is 0 Å². The van der Waals surface area contributed by atoms with E-state index in [0.717, 1.165) is 49.0 Å². The van der Waals surface area contributed by atoms with Crippen molar-refractivity contribution in [1.82, 2.24) is 15.0 Å². The first-order chi connectivity index (χ1) is 11.0. The summed E-state index contributed by atoms with van der Waals surface area (Å²) in [6.45, 7) is 2.12. The third kappa shape index (κ3) is 3.83. The van der Waals surface area contributed by atoms with Gasteiger partial charge in [0.1, 0.15) is 27.6 Å². The fraction of sp³-hybridized carbons (Fsp3) is 0.625. The van der Waals surface area contributed by atoms with E-state index >= 15 is 0 Å². The second kappa shape index (κ2) is 6.47. The minimum absolute atomic E-state index is 0.298. The summed E-state index contributed by atoms with van der Waals surface area (Å²) in [6.07, 6.45) is 9.70. The van der Waals surface area contributed by atoms with E-state index in [4.69, 9.17) is 0 Å². The first-order valence-corrected chi connectivity index (χ1v) is 10.3. The summed E-state index contributed by atoms with van der Waals surface area (Å²) in [5, 5.41) is 4.62. The molecule has 2 aromatic rings. The van der Waals surface area contributed by atoms with Crippen LogP contribution in [0.1, 0.15) is 38.2 Å². The third-order valence-electron chi connectivity index (χ3n) is 4.66. The number of aromatic amines is 1. The lowest BCUT2D eigenvalue weighted by Gasteiger charge is -2.29. The summed E-state index contributed by atoms with van der Waals surface area (Å²) in [5.41, 5.74) is 2.08. The highest BCUT2D eigenvalue weighted by Crippen LogP contribution is 2.30. The third-order valence-corrected chi connectivity index (χ3v) is 5.74. The van der Waals surface area contributed by atoms with Gasteiger partial charge in [0.25, 0.3) is 0 Å². The van der Waals surface area contributed by atoms with Gasteiger partial charge in [0.05, 0.1) is 11.1 Å². The van der Waals surface area contributed by atoms with Crippen LogP contribution in [0.3, 0.4) is 0 Å². The van der Waals surface area contributed by atoms with Gasteiger partial charge in [-0.1, -0.05) is 6.92 Å². The van der Waals surface area contributed by atoms with Crippen LogP contribution in [0.25, 0.3) is 11.0 Å². The van der Waals surface area contributed by atoms with Crippen molar-refractivity contribution in [2.24, 2.45) is 5.92 Å². The minimum Gasteiger partial charge on any atom is -0.367 e. The van der Waals surface area contributed by atoms with Crippen molar-refractivity contribution in [3.63, 3.8) is 0 Å². The molecule has 2 heterocycles. The largest absolute Gasteiger partial charge is 0.367 e. The Morgan fingerprint density at radius 1 is 1.26 bits per heavy atom. The van der Waals surface area contributed by atoms with Gasteiger partial charge < -0.3 is 10.3 Å². The summed E-state index contributed by atoms with van der Waals surface area (Å²) >= 11 is 0. The number of hydrogen-bond acceptors (Lipinski definition) is 5. The number of anilines is 1. The lowest BCUT2D eigenvalue weighted by molar-refractivity contribution is 0.361. The predicted octanol–water partition coefficient (Wildman–Crippen LogP) is 2.54. The molecule has 0 unspecified atom stereocenters. The Morgan fingerprint density at radius 3 is 2.65 bits per heavy atom. The topological polar surface area (TPSA) is 87.7 Å². The maximum atomic E-state index is 11.4. The molecule has 6 nitrogen and oxygen atoms in total. The van der Waals surface area contributed by atoms with Crippen molar-refractivity contribution in [1.29, 1.82) is 0 Å². The fourth-order valence-electron chi connectivity index (χ4n) is 3.51. The van der Waals surface area contributed by atoms with Crippen molar-refractivity contribution in [2.75, 3.05) is 17.3 Å². The molecule has 0 aliphatic heterocycles. The van der Waals surface area contributed by atoms with E-state index in [1.54, 1.807) is 6.33 Å². The van der Waals surface area contributed by atoms with Crippen LogP contribution >= 0.6 is 0 Å². The molecule has 0 amide bonds. The maximum Gasteiger partial charge on any atom is 0.147 e. The fourth-order valence-corrected chi connectivity index (χ4v) is 4.70. The van der Waals surface area contributed by atoms with Crippen molar-refractivity contribution in [2.45, 2.75) is 45.1 Å². The Labute approximate surface area is 137 Å². The SMILES string of the molecule is CCc1c[nH]c2ncnc(NC3CCC(CS(C)(=O)=O)CC3)c12. The molecule has 0 aromatic carbocycles. The number of sulfone groups is 1. The molecule has 0 saturated heterocycles. The van der Waals surface area contributed by atoms with Crippen LogP contribution in [0, 0.1) is 5.92 Å². The summed E-state index contributed by atoms with van der Waals surface area (Å²) in [7, 11) is -2.88. The monoisotopic (exact) mass is 336 g/mol. The molecule has 7 heteroatoms. The molecule has 2 N–H and O–H groups in total. The van der Waals surface area contributed by atoms with Crippen LogP contribution in [0.4, 0.5) is 5.82 Å². The average molecular weight is 336 g/mol. The second-order valence-corrected chi connectivity index (χ2v) is 8.75. The number of nitrogens with one attached hydrogen (secondary N) is 2. The standard InChI is InChI=1S/C16H24N4O2S/c1-3-12-8-17-15-14(12)16(19-10-18-15)20-13-6-4-11(5-7-13)9-23(2,21)22/h8,10-11,13H,3-7,9H2,1-2H3,(H2,17,18,19,20). The number of H-pyrrole nitrogens is 1. The molecule has 1 saturated carbocycles. The predicted molar refractivity (Wildman–Crippen MR) is 92.3 cm³/mol. The number of aromatic nitrogens is 3. The zero-order chi connectivity index (χ0) is 16.4. The first-order valence-electron chi connectivity index (χ1n) is 8.21. The van der Waals surface area contributed by atoms with Crippen LogP contribution in [-0.4, -0.2) is 41.4 Å². The first kappa shape index (κ1) is 16.2. The van der Waals surface area contributed by atoms with Gasteiger partial charge in [-0.05, 0) is 43.6 Å². The molecule has 0 bridgehead atoms. The lowest BCUT2D eigenvalue weighted by atomic mass is 9.87. The molecule has 0 spiro atoms. The molecule has 126 valence electrons. The summed E-state index contributed by atoms with van der Waals surface area (Å²) < 4.78 is 22.8. The van der Waals surface area contributed by atoms with Gasteiger partial charge in [0, 0.05) is 18.5 Å². The summed E-state index contributed by atoms with van der Waals surface area (Å²) in [6, 6.07) is 0.350. The van der Waals surface area contributed by atoms with Crippen LogP contribution in [0.2, 0.25) is 0 Å². The molecule has 2 aromatic heterocycles. The molecule has 23 heavy (non-hydrogen) atoms. The highest BCUT2D eigenvalue weighted by Gasteiger charge is 2.24. The maximum absolute atomic E-state index is 11.4. The lowest BCUT2D eigenvalue weighted by Crippen LogP contribution is -2.29.